The summed E-state index contributed by atoms with van der Waals surface area (Å²) in [6.07, 6.45) is -0.225. The van der Waals surface area contributed by atoms with Gasteiger partial charge in [-0.1, -0.05) is 16.4 Å². The number of amides is 1. The maximum atomic E-state index is 14.6. The van der Waals surface area contributed by atoms with Gasteiger partial charge < -0.3 is 29.5 Å². The number of methoxy groups -OCH3 is 1. The number of carbonyl (C=O) groups is 1. The predicted molar refractivity (Wildman–Crippen MR) is 132 cm³/mol. The van der Waals surface area contributed by atoms with E-state index in [0.29, 0.717) is 25.1 Å². The smallest absolute Gasteiger partial charge is 0.220 e. The van der Waals surface area contributed by atoms with E-state index in [0.717, 1.165) is 12.1 Å². The summed E-state index contributed by atoms with van der Waals surface area (Å²) in [6, 6.07) is 3.82. The molecule has 4 heterocycles. The third kappa shape index (κ3) is 5.44. The van der Waals surface area contributed by atoms with Gasteiger partial charge in [-0.2, -0.15) is 0 Å². The number of aliphatic hydroxyl groups excluding tert-OH is 2. The van der Waals surface area contributed by atoms with E-state index < -0.39 is 48.7 Å². The van der Waals surface area contributed by atoms with Gasteiger partial charge in [-0.15, -0.1) is 5.10 Å². The molecule has 1 amide bonds. The van der Waals surface area contributed by atoms with Crippen LogP contribution < -0.4 is 5.32 Å². The van der Waals surface area contributed by atoms with Crippen LogP contribution in [0, 0.1) is 18.6 Å². The fourth-order valence-electron chi connectivity index (χ4n) is 5.36. The molecule has 1 aromatic carbocycles. The Bertz CT molecular complexity index is 1320. The molecule has 0 spiro atoms. The fraction of sp³-hybridized carbons (Fsp3) is 0.538. The van der Waals surface area contributed by atoms with Crippen LogP contribution in [0.3, 0.4) is 0 Å². The molecule has 0 aliphatic carbocycles. The molecule has 2 saturated heterocycles. The molecule has 5 rings (SSSR count). The van der Waals surface area contributed by atoms with Gasteiger partial charge in [0.1, 0.15) is 35.8 Å². The third-order valence-electron chi connectivity index (χ3n) is 7.54. The standard InChI is InChI=1S/C26H31F2N5O6/c1-13-3-5-16(23(28)22(13)27)18-11-33(32-30-18)24-25(36)20(12-34)38-19(26(24)37-2)10-15-9-17(31-39-15)14-4-6-21(35)29-8-7-14/h3,5,9,11,14,19-20,24-26,34,36H,4,6-8,10,12H2,1-2H3,(H,29,35)/t14?,19-,20-,24+,25+,26+/m1/s1. The Labute approximate surface area is 223 Å². The summed E-state index contributed by atoms with van der Waals surface area (Å²) in [5, 5.41) is 36.1. The molecule has 39 heavy (non-hydrogen) atoms. The Hall–Kier alpha value is -3.26. The van der Waals surface area contributed by atoms with Crippen molar-refractivity contribution in [2.24, 2.45) is 0 Å². The average molecular weight is 548 g/mol. The number of carbonyl (C=O) groups excluding carboxylic acids is 1. The lowest BCUT2D eigenvalue weighted by Crippen LogP contribution is -2.57. The first-order chi connectivity index (χ1) is 18.8. The summed E-state index contributed by atoms with van der Waals surface area (Å²) in [6.45, 7) is 1.55. The molecule has 0 radical (unpaired) electrons. The number of rotatable bonds is 7. The molecule has 0 bridgehead atoms. The number of ether oxygens (including phenoxy) is 2. The van der Waals surface area contributed by atoms with Gasteiger partial charge in [0.2, 0.25) is 5.91 Å². The third-order valence-corrected chi connectivity index (χ3v) is 7.54. The highest BCUT2D eigenvalue weighted by atomic mass is 19.2. The van der Waals surface area contributed by atoms with Crippen molar-refractivity contribution in [1.82, 2.24) is 25.5 Å². The summed E-state index contributed by atoms with van der Waals surface area (Å²) in [5.41, 5.74) is 0.916. The molecule has 3 aromatic rings. The number of aryl methyl sites for hydroxylation is 1. The van der Waals surface area contributed by atoms with Crippen LogP contribution in [0.1, 0.15) is 48.2 Å². The van der Waals surface area contributed by atoms with Crippen LogP contribution in [0.25, 0.3) is 11.3 Å². The number of halogens is 2. The van der Waals surface area contributed by atoms with Crippen LogP contribution in [-0.4, -0.2) is 80.9 Å². The zero-order valence-electron chi connectivity index (χ0n) is 21.6. The lowest BCUT2D eigenvalue weighted by molar-refractivity contribution is -0.212. The van der Waals surface area contributed by atoms with Crippen molar-refractivity contribution >= 4 is 5.91 Å². The molecule has 2 aliphatic heterocycles. The highest BCUT2D eigenvalue weighted by Crippen LogP contribution is 2.35. The van der Waals surface area contributed by atoms with Crippen LogP contribution in [0.5, 0.6) is 0 Å². The Kier molecular flexibility index (Phi) is 8.03. The molecule has 0 saturated carbocycles. The molecular formula is C26H31F2N5O6. The van der Waals surface area contributed by atoms with Crippen LogP contribution in [0.15, 0.2) is 28.9 Å². The van der Waals surface area contributed by atoms with Gasteiger partial charge >= 0.3 is 0 Å². The molecule has 2 aromatic heterocycles. The van der Waals surface area contributed by atoms with Gasteiger partial charge in [0.15, 0.2) is 11.6 Å². The number of hydrogen-bond acceptors (Lipinski definition) is 9. The van der Waals surface area contributed by atoms with Crippen molar-refractivity contribution < 1.29 is 37.8 Å². The molecule has 210 valence electrons. The predicted octanol–water partition coefficient (Wildman–Crippen LogP) is 1.82. The van der Waals surface area contributed by atoms with Crippen molar-refractivity contribution in [2.45, 2.75) is 69.0 Å². The van der Waals surface area contributed by atoms with E-state index in [1.165, 1.54) is 37.0 Å². The lowest BCUT2D eigenvalue weighted by Gasteiger charge is -2.43. The highest BCUT2D eigenvalue weighted by Gasteiger charge is 2.47. The maximum Gasteiger partial charge on any atom is 0.220 e. The van der Waals surface area contributed by atoms with Crippen molar-refractivity contribution in [3.8, 4) is 11.3 Å². The van der Waals surface area contributed by atoms with Crippen molar-refractivity contribution in [3.05, 3.63) is 53.0 Å². The average Bonchev–Trinajstić information content (AvgIpc) is 3.54. The summed E-state index contributed by atoms with van der Waals surface area (Å²) >= 11 is 0. The Balaban J connectivity index is 1.39. The second kappa shape index (κ2) is 11.5. The first-order valence-electron chi connectivity index (χ1n) is 12.9. The van der Waals surface area contributed by atoms with Crippen molar-refractivity contribution in [3.63, 3.8) is 0 Å². The number of aromatic nitrogens is 4. The van der Waals surface area contributed by atoms with Crippen LogP contribution in [0.4, 0.5) is 8.78 Å². The monoisotopic (exact) mass is 547 g/mol. The lowest BCUT2D eigenvalue weighted by atomic mass is 9.90. The fourth-order valence-corrected chi connectivity index (χ4v) is 5.36. The van der Waals surface area contributed by atoms with E-state index in [1.807, 2.05) is 6.07 Å². The Morgan fingerprint density at radius 2 is 2.05 bits per heavy atom. The molecular weight excluding hydrogens is 516 g/mol. The van der Waals surface area contributed by atoms with Gasteiger partial charge in [-0.25, -0.2) is 13.5 Å². The quantitative estimate of drug-likeness (QED) is 0.403. The molecule has 6 atom stereocenters. The Morgan fingerprint density at radius 1 is 1.23 bits per heavy atom. The van der Waals surface area contributed by atoms with Crippen LogP contribution in [-0.2, 0) is 20.7 Å². The molecule has 13 heteroatoms. The zero-order valence-corrected chi connectivity index (χ0v) is 21.6. The summed E-state index contributed by atoms with van der Waals surface area (Å²) in [4.78, 5) is 11.7. The second-order valence-electron chi connectivity index (χ2n) is 10.0. The first-order valence-corrected chi connectivity index (χ1v) is 12.9. The van der Waals surface area contributed by atoms with Gasteiger partial charge in [-0.05, 0) is 31.4 Å². The van der Waals surface area contributed by atoms with E-state index in [9.17, 15) is 23.8 Å². The van der Waals surface area contributed by atoms with Crippen molar-refractivity contribution in [2.75, 3.05) is 20.3 Å². The molecule has 1 unspecified atom stereocenters. The van der Waals surface area contributed by atoms with E-state index >= 15 is 0 Å². The number of nitrogens with one attached hydrogen (secondary N) is 1. The molecule has 2 aliphatic rings. The van der Waals surface area contributed by atoms with Gasteiger partial charge in [0.05, 0.1) is 24.6 Å². The second-order valence-corrected chi connectivity index (χ2v) is 10.0. The SMILES string of the molecule is CO[C@@H]1[C@@H](n2cc(-c3ccc(C)c(F)c3F)nn2)[C@@H](O)[C@@H](CO)O[C@@H]1Cc1cc(C2CCNC(=O)CC2)no1. The van der Waals surface area contributed by atoms with Crippen LogP contribution in [0.2, 0.25) is 0 Å². The number of aliphatic hydroxyl groups is 2. The largest absolute Gasteiger partial charge is 0.394 e. The minimum atomic E-state index is -1.24. The van der Waals surface area contributed by atoms with Crippen LogP contribution >= 0.6 is 0 Å². The number of nitrogens with zero attached hydrogens (tertiary/aromatic N) is 4. The zero-order chi connectivity index (χ0) is 27.7. The minimum Gasteiger partial charge on any atom is -0.394 e. The molecule has 2 fully saturated rings. The summed E-state index contributed by atoms with van der Waals surface area (Å²) in [7, 11) is 1.45. The number of benzene rings is 1. The topological polar surface area (TPSA) is 145 Å². The normalized spacial score (nSPS) is 27.8. The van der Waals surface area contributed by atoms with Gasteiger partial charge in [0.25, 0.3) is 0 Å². The maximum absolute atomic E-state index is 14.6. The summed E-state index contributed by atoms with van der Waals surface area (Å²) in [5.74, 6) is -1.40. The molecule has 3 N–H and O–H groups in total. The van der Waals surface area contributed by atoms with Crippen molar-refractivity contribution in [1.29, 1.82) is 0 Å². The first kappa shape index (κ1) is 27.3. The Morgan fingerprint density at radius 3 is 2.82 bits per heavy atom. The molecule has 11 nitrogen and oxygen atoms in total. The number of hydrogen-bond donors (Lipinski definition) is 3. The van der Waals surface area contributed by atoms with Gasteiger partial charge in [0, 0.05) is 44.0 Å². The van der Waals surface area contributed by atoms with E-state index in [-0.39, 0.29) is 35.1 Å². The van der Waals surface area contributed by atoms with E-state index in [2.05, 4.69) is 20.8 Å². The van der Waals surface area contributed by atoms with E-state index in [4.69, 9.17) is 14.0 Å². The summed E-state index contributed by atoms with van der Waals surface area (Å²) < 4.78 is 47.4. The minimum absolute atomic E-state index is 0.0194. The highest BCUT2D eigenvalue weighted by molar-refractivity contribution is 5.76. The van der Waals surface area contributed by atoms with Gasteiger partial charge in [-0.3, -0.25) is 4.79 Å². The van der Waals surface area contributed by atoms with E-state index in [1.54, 1.807) is 0 Å².